The van der Waals surface area contributed by atoms with Crippen molar-refractivity contribution in [1.29, 1.82) is 1.43 Å². The molecule has 1 heterocycles. The van der Waals surface area contributed by atoms with Crippen LogP contribution in [0.5, 0.6) is 23.0 Å². The van der Waals surface area contributed by atoms with Crippen LogP contribution in [0.4, 0.5) is 0 Å². The summed E-state index contributed by atoms with van der Waals surface area (Å²) in [6.07, 6.45) is -0.274. The molecule has 0 fully saturated rings. The average molecular weight is 459 g/mol. The van der Waals surface area contributed by atoms with E-state index in [1.54, 1.807) is 36.0 Å². The van der Waals surface area contributed by atoms with Crippen LogP contribution >= 0.6 is 11.8 Å². The van der Waals surface area contributed by atoms with Crippen LogP contribution in [0.25, 0.3) is 0 Å². The van der Waals surface area contributed by atoms with Gasteiger partial charge in [0.1, 0.15) is 35.7 Å². The van der Waals surface area contributed by atoms with Crippen molar-refractivity contribution in [2.45, 2.75) is 29.8 Å². The summed E-state index contributed by atoms with van der Waals surface area (Å²) < 4.78 is 19.9. The van der Waals surface area contributed by atoms with E-state index in [0.29, 0.717) is 12.4 Å². The third-order valence-corrected chi connectivity index (χ3v) is 7.11. The molecule has 5 rings (SSSR count). The maximum atomic E-state index is 9.79. The van der Waals surface area contributed by atoms with Crippen molar-refractivity contribution >= 4 is 11.8 Å². The Bertz CT molecular complexity index is 1260. The third-order valence-electron chi connectivity index (χ3n) is 5.76. The fraction of sp³-hybridized carbons (Fsp3) is 0.143. The Kier molecular flexibility index (Phi) is 5.55. The number of hydrogen-bond acceptors (Lipinski definition) is 5. The molecule has 0 amide bonds. The molecule has 0 unspecified atom stereocenters. The van der Waals surface area contributed by atoms with Crippen LogP contribution in [-0.2, 0) is 6.61 Å². The van der Waals surface area contributed by atoms with Gasteiger partial charge < -0.3 is 19.7 Å². The van der Waals surface area contributed by atoms with E-state index in [9.17, 15) is 5.11 Å². The highest BCUT2D eigenvalue weighted by Crippen LogP contribution is 2.55. The molecule has 4 aromatic carbocycles. The minimum Gasteiger partial charge on any atom is -0.508 e. The number of hydrogen-bond donors (Lipinski definition) is 2. The summed E-state index contributed by atoms with van der Waals surface area (Å²) in [5.74, 6) is 2.32. The molecule has 0 saturated carbocycles. The Morgan fingerprint density at radius 1 is 0.879 bits per heavy atom. The first-order valence-electron chi connectivity index (χ1n) is 11.2. The van der Waals surface area contributed by atoms with Crippen LogP contribution in [0.3, 0.4) is 0 Å². The van der Waals surface area contributed by atoms with Gasteiger partial charge in [-0.05, 0) is 60.0 Å². The minimum absolute atomic E-state index is 0.0210. The Morgan fingerprint density at radius 2 is 1.58 bits per heavy atom. The number of phenolic OH excluding ortho intramolecular Hbond substituents is 2. The molecule has 5 heteroatoms. The molecule has 1 aliphatic heterocycles. The van der Waals surface area contributed by atoms with Crippen molar-refractivity contribution in [3.05, 3.63) is 113 Å². The van der Waals surface area contributed by atoms with Gasteiger partial charge in [0.25, 0.3) is 1.43 Å². The van der Waals surface area contributed by atoms with E-state index in [4.69, 9.17) is 10.9 Å². The quantitative estimate of drug-likeness (QED) is 0.327. The first-order chi connectivity index (χ1) is 16.6. The van der Waals surface area contributed by atoms with Crippen molar-refractivity contribution in [1.82, 2.24) is 0 Å². The van der Waals surface area contributed by atoms with Gasteiger partial charge in [-0.2, -0.15) is 0 Å². The van der Waals surface area contributed by atoms with E-state index in [2.05, 4.69) is 11.2 Å². The summed E-state index contributed by atoms with van der Waals surface area (Å²) in [4.78, 5) is 1.05. The number of aromatic hydroxyl groups is 2. The van der Waals surface area contributed by atoms with Crippen LogP contribution in [0.15, 0.2) is 95.9 Å². The number of phenols is 2. The van der Waals surface area contributed by atoms with Crippen molar-refractivity contribution in [3.8, 4) is 23.0 Å². The zero-order valence-electron chi connectivity index (χ0n) is 19.1. The summed E-state index contributed by atoms with van der Waals surface area (Å²) in [5.41, 5.74) is 4.10. The van der Waals surface area contributed by atoms with Gasteiger partial charge in [-0.3, -0.25) is 0 Å². The van der Waals surface area contributed by atoms with Crippen molar-refractivity contribution in [2.24, 2.45) is 0 Å². The van der Waals surface area contributed by atoms with E-state index in [1.165, 1.54) is 0 Å². The Morgan fingerprint density at radius 3 is 2.30 bits per heavy atom. The maximum absolute atomic E-state index is 9.79. The monoisotopic (exact) mass is 458 g/mol. The van der Waals surface area contributed by atoms with Gasteiger partial charge in [-0.25, -0.2) is 0 Å². The summed E-state index contributed by atoms with van der Waals surface area (Å²) in [5, 5.41) is 14.4. The lowest BCUT2D eigenvalue weighted by atomic mass is 9.99. The zero-order chi connectivity index (χ0) is 23.5. The van der Waals surface area contributed by atoms with Crippen molar-refractivity contribution in [2.75, 3.05) is 0 Å². The zero-order valence-corrected chi connectivity index (χ0v) is 18.9. The Labute approximate surface area is 198 Å². The van der Waals surface area contributed by atoms with Crippen LogP contribution in [-0.4, -0.2) is 11.6 Å². The van der Waals surface area contributed by atoms with Gasteiger partial charge in [-0.15, -0.1) is 11.8 Å². The minimum atomic E-state index is -0.274. The molecule has 0 radical (unpaired) electrons. The second kappa shape index (κ2) is 9.12. The fourth-order valence-corrected chi connectivity index (χ4v) is 5.33. The van der Waals surface area contributed by atoms with Crippen molar-refractivity contribution in [3.63, 3.8) is 0 Å². The first kappa shape index (κ1) is 20.1. The Balaban J connectivity index is 1.48. The molecule has 0 bridgehead atoms. The second-order valence-electron chi connectivity index (χ2n) is 8.03. The lowest BCUT2D eigenvalue weighted by Gasteiger charge is -2.35. The standard InChI is InChI=1S/C28H24O4S/c1-18-24(31-17-19-5-3-2-4-6-19)15-16-25-26(18)32-27(20-7-11-22(29)12-8-20)28(33-25)21-9-13-23(30)14-10-21/h2-16,27-30H,17H2,1H3/t27-,28+/m1/s1/i/hT. The SMILES string of the molecule is [3H]Oc1ccc([C@@H]2Sc3ccc(OCc4ccccc4)c(C)c3O[C@@H]2c2ccc(O)cc2)cc1. The molecule has 0 aliphatic carbocycles. The first-order valence-corrected chi connectivity index (χ1v) is 11.7. The molecular weight excluding hydrogens is 432 g/mol. The second-order valence-corrected chi connectivity index (χ2v) is 9.21. The van der Waals surface area contributed by atoms with Gasteiger partial charge in [0.05, 0.1) is 10.1 Å². The molecule has 2 atom stereocenters. The molecule has 4 aromatic rings. The summed E-state index contributed by atoms with van der Waals surface area (Å²) in [6, 6.07) is 28.8. The highest BCUT2D eigenvalue weighted by Gasteiger charge is 2.35. The maximum Gasteiger partial charge on any atom is 0.293 e. The van der Waals surface area contributed by atoms with Crippen LogP contribution in [0.1, 0.15) is 33.6 Å². The lowest BCUT2D eigenvalue weighted by molar-refractivity contribution is 0.187. The number of rotatable bonds is 6. The molecule has 33 heavy (non-hydrogen) atoms. The van der Waals surface area contributed by atoms with E-state index in [-0.39, 0.29) is 17.1 Å². The van der Waals surface area contributed by atoms with Gasteiger partial charge in [0.15, 0.2) is 0 Å². The van der Waals surface area contributed by atoms with E-state index < -0.39 is 0 Å². The highest BCUT2D eigenvalue weighted by atomic mass is 32.2. The molecule has 1 aliphatic rings. The lowest BCUT2D eigenvalue weighted by Crippen LogP contribution is -2.20. The van der Waals surface area contributed by atoms with Gasteiger partial charge in [-0.1, -0.05) is 54.6 Å². The molecule has 0 spiro atoms. The topological polar surface area (TPSA) is 58.9 Å². The normalized spacial score (nSPS) is 17.4. The third kappa shape index (κ3) is 4.50. The molecule has 166 valence electrons. The number of thioether (sulfide) groups is 1. The molecule has 0 saturated heterocycles. The smallest absolute Gasteiger partial charge is 0.293 e. The number of fused-ring (bicyclic) bond motifs is 1. The largest absolute Gasteiger partial charge is 0.508 e. The molecule has 0 aromatic heterocycles. The molecular formula is C28H24O4S. The highest BCUT2D eigenvalue weighted by molar-refractivity contribution is 7.99. The molecule has 2 N–H and O–H groups in total. The predicted molar refractivity (Wildman–Crippen MR) is 130 cm³/mol. The van der Waals surface area contributed by atoms with Gasteiger partial charge >= 0.3 is 0 Å². The Hall–Kier alpha value is -3.57. The van der Waals surface area contributed by atoms with Gasteiger partial charge in [0.2, 0.25) is 0 Å². The summed E-state index contributed by atoms with van der Waals surface area (Å²) in [7, 11) is 0. The van der Waals surface area contributed by atoms with Crippen LogP contribution < -0.4 is 9.47 Å². The van der Waals surface area contributed by atoms with E-state index in [0.717, 1.165) is 38.6 Å². The van der Waals surface area contributed by atoms with E-state index in [1.807, 2.05) is 67.6 Å². The van der Waals surface area contributed by atoms with Crippen molar-refractivity contribution < 1.29 is 19.7 Å². The van der Waals surface area contributed by atoms with E-state index >= 15 is 0 Å². The van der Waals surface area contributed by atoms with Crippen LogP contribution in [0, 0.1) is 6.92 Å². The van der Waals surface area contributed by atoms with Crippen LogP contribution in [0.2, 0.25) is 0 Å². The fourth-order valence-electron chi connectivity index (χ4n) is 3.97. The number of benzene rings is 4. The van der Waals surface area contributed by atoms with Gasteiger partial charge in [0, 0.05) is 5.56 Å². The predicted octanol–water partition coefficient (Wildman–Crippen LogP) is 6.95. The number of ether oxygens (including phenoxy) is 2. The summed E-state index contributed by atoms with van der Waals surface area (Å²) in [6.45, 7) is 2.51. The molecule has 4 nitrogen and oxygen atoms in total. The average Bonchev–Trinajstić information content (AvgIpc) is 2.89. The summed E-state index contributed by atoms with van der Waals surface area (Å²) >= 11 is 1.74.